The van der Waals surface area contributed by atoms with Crippen LogP contribution in [-0.4, -0.2) is 15.9 Å². The van der Waals surface area contributed by atoms with Crippen LogP contribution in [0.4, 0.5) is 0 Å². The molecule has 1 aromatic rings. The molecular formula is C15H24N2O2. The third-order valence-corrected chi connectivity index (χ3v) is 4.24. The maximum Gasteiger partial charge on any atom is 0.234 e. The van der Waals surface area contributed by atoms with E-state index in [0.717, 1.165) is 24.6 Å². The summed E-state index contributed by atoms with van der Waals surface area (Å²) in [5, 5.41) is 4.06. The summed E-state index contributed by atoms with van der Waals surface area (Å²) in [6.45, 7) is 6.05. The SMILES string of the molecule is CCC1CCC(c2noc(CC(=O)C(C)C)n2)CC1. The summed E-state index contributed by atoms with van der Waals surface area (Å²) >= 11 is 0. The van der Waals surface area contributed by atoms with Gasteiger partial charge in [-0.25, -0.2) is 0 Å². The van der Waals surface area contributed by atoms with Gasteiger partial charge in [-0.3, -0.25) is 4.79 Å². The van der Waals surface area contributed by atoms with Gasteiger partial charge in [0.15, 0.2) is 5.82 Å². The van der Waals surface area contributed by atoms with Crippen molar-refractivity contribution in [2.75, 3.05) is 0 Å². The normalized spacial score (nSPS) is 23.8. The van der Waals surface area contributed by atoms with Crippen LogP contribution in [0.25, 0.3) is 0 Å². The first kappa shape index (κ1) is 14.2. The molecule has 4 nitrogen and oxygen atoms in total. The maximum atomic E-state index is 11.7. The zero-order chi connectivity index (χ0) is 13.8. The molecule has 4 heteroatoms. The van der Waals surface area contributed by atoms with Crippen molar-refractivity contribution in [3.05, 3.63) is 11.7 Å². The van der Waals surface area contributed by atoms with E-state index in [0.29, 0.717) is 11.8 Å². The third-order valence-electron chi connectivity index (χ3n) is 4.24. The fraction of sp³-hybridized carbons (Fsp3) is 0.800. The number of rotatable bonds is 5. The molecule has 0 bridgehead atoms. The molecule has 1 aliphatic carbocycles. The maximum absolute atomic E-state index is 11.7. The Kier molecular flexibility index (Phi) is 4.72. The van der Waals surface area contributed by atoms with Gasteiger partial charge in [0, 0.05) is 11.8 Å². The van der Waals surface area contributed by atoms with Gasteiger partial charge in [-0.05, 0) is 31.6 Å². The molecule has 0 aliphatic heterocycles. The summed E-state index contributed by atoms with van der Waals surface area (Å²) in [4.78, 5) is 16.1. The van der Waals surface area contributed by atoms with Gasteiger partial charge in [-0.1, -0.05) is 32.3 Å². The van der Waals surface area contributed by atoms with Crippen molar-refractivity contribution in [3.8, 4) is 0 Å². The molecule has 0 atom stereocenters. The van der Waals surface area contributed by atoms with Gasteiger partial charge >= 0.3 is 0 Å². The molecule has 0 saturated heterocycles. The van der Waals surface area contributed by atoms with Gasteiger partial charge in [0.25, 0.3) is 0 Å². The summed E-state index contributed by atoms with van der Waals surface area (Å²) in [7, 11) is 0. The molecule has 1 fully saturated rings. The van der Waals surface area contributed by atoms with Gasteiger partial charge in [0.1, 0.15) is 5.78 Å². The lowest BCUT2D eigenvalue weighted by atomic mass is 9.80. The van der Waals surface area contributed by atoms with E-state index in [-0.39, 0.29) is 18.1 Å². The first-order valence-electron chi connectivity index (χ1n) is 7.45. The molecular weight excluding hydrogens is 240 g/mol. The van der Waals surface area contributed by atoms with Crippen LogP contribution in [0.3, 0.4) is 0 Å². The second-order valence-corrected chi connectivity index (χ2v) is 5.97. The molecule has 1 aromatic heterocycles. The summed E-state index contributed by atoms with van der Waals surface area (Å²) in [6, 6.07) is 0. The highest BCUT2D eigenvalue weighted by molar-refractivity contribution is 5.81. The Balaban J connectivity index is 1.92. The fourth-order valence-electron chi connectivity index (χ4n) is 2.69. The van der Waals surface area contributed by atoms with Crippen molar-refractivity contribution in [2.24, 2.45) is 11.8 Å². The number of Topliss-reactive ketones (excluding diaryl/α,β-unsaturated/α-hetero) is 1. The van der Waals surface area contributed by atoms with E-state index in [1.54, 1.807) is 0 Å². The van der Waals surface area contributed by atoms with E-state index in [2.05, 4.69) is 17.1 Å². The third kappa shape index (κ3) is 3.64. The van der Waals surface area contributed by atoms with Gasteiger partial charge in [-0.15, -0.1) is 0 Å². The van der Waals surface area contributed by atoms with E-state index < -0.39 is 0 Å². The van der Waals surface area contributed by atoms with E-state index in [9.17, 15) is 4.79 Å². The number of carbonyl (C=O) groups is 1. The van der Waals surface area contributed by atoms with Crippen LogP contribution in [0, 0.1) is 11.8 Å². The summed E-state index contributed by atoms with van der Waals surface area (Å²) in [6.07, 6.45) is 6.36. The molecule has 106 valence electrons. The van der Waals surface area contributed by atoms with Crippen LogP contribution in [0.2, 0.25) is 0 Å². The van der Waals surface area contributed by atoms with E-state index in [1.807, 2.05) is 13.8 Å². The Morgan fingerprint density at radius 3 is 2.58 bits per heavy atom. The number of carbonyl (C=O) groups excluding carboxylic acids is 1. The predicted molar refractivity (Wildman–Crippen MR) is 72.8 cm³/mol. The molecule has 19 heavy (non-hydrogen) atoms. The van der Waals surface area contributed by atoms with Crippen LogP contribution in [-0.2, 0) is 11.2 Å². The minimum atomic E-state index is 0.0235. The summed E-state index contributed by atoms with van der Waals surface area (Å²) < 4.78 is 5.21. The van der Waals surface area contributed by atoms with Gasteiger partial charge in [0.2, 0.25) is 5.89 Å². The molecule has 1 heterocycles. The smallest absolute Gasteiger partial charge is 0.234 e. The first-order chi connectivity index (χ1) is 9.10. The zero-order valence-electron chi connectivity index (χ0n) is 12.2. The molecule has 0 amide bonds. The number of ketones is 1. The van der Waals surface area contributed by atoms with Crippen LogP contribution in [0.5, 0.6) is 0 Å². The molecule has 0 aromatic carbocycles. The van der Waals surface area contributed by atoms with Crippen molar-refractivity contribution >= 4 is 5.78 Å². The lowest BCUT2D eigenvalue weighted by Crippen LogP contribution is -2.14. The Bertz CT molecular complexity index is 418. The predicted octanol–water partition coefficient (Wildman–Crippen LogP) is 3.52. The lowest BCUT2D eigenvalue weighted by molar-refractivity contribution is -0.121. The van der Waals surface area contributed by atoms with Gasteiger partial charge in [-0.2, -0.15) is 4.98 Å². The van der Waals surface area contributed by atoms with E-state index in [4.69, 9.17) is 4.52 Å². The van der Waals surface area contributed by atoms with Crippen LogP contribution in [0.1, 0.15) is 70.5 Å². The average molecular weight is 264 g/mol. The number of nitrogens with zero attached hydrogens (tertiary/aromatic N) is 2. The molecule has 0 unspecified atom stereocenters. The standard InChI is InChI=1S/C15H24N2O2/c1-4-11-5-7-12(8-6-11)15-16-14(19-17-15)9-13(18)10(2)3/h10-12H,4-9H2,1-3H3. The quantitative estimate of drug-likeness (QED) is 0.816. The molecule has 0 N–H and O–H groups in total. The minimum absolute atomic E-state index is 0.0235. The van der Waals surface area contributed by atoms with Crippen LogP contribution >= 0.6 is 0 Å². The molecule has 0 spiro atoms. The number of aromatic nitrogens is 2. The van der Waals surface area contributed by atoms with Crippen molar-refractivity contribution < 1.29 is 9.32 Å². The monoisotopic (exact) mass is 264 g/mol. The van der Waals surface area contributed by atoms with E-state index in [1.165, 1.54) is 19.3 Å². The topological polar surface area (TPSA) is 56.0 Å². The van der Waals surface area contributed by atoms with Crippen molar-refractivity contribution in [1.29, 1.82) is 0 Å². The summed E-state index contributed by atoms with van der Waals surface area (Å²) in [5.41, 5.74) is 0. The second-order valence-electron chi connectivity index (χ2n) is 5.97. The molecule has 1 saturated carbocycles. The van der Waals surface area contributed by atoms with Crippen LogP contribution in [0.15, 0.2) is 4.52 Å². The van der Waals surface area contributed by atoms with Crippen molar-refractivity contribution in [1.82, 2.24) is 10.1 Å². The van der Waals surface area contributed by atoms with Crippen molar-refractivity contribution in [2.45, 2.75) is 65.2 Å². The Hall–Kier alpha value is -1.19. The highest BCUT2D eigenvalue weighted by atomic mass is 16.5. The van der Waals surface area contributed by atoms with Gasteiger partial charge in [0.05, 0.1) is 6.42 Å². The Morgan fingerprint density at radius 1 is 1.32 bits per heavy atom. The number of hydrogen-bond donors (Lipinski definition) is 0. The largest absolute Gasteiger partial charge is 0.339 e. The Morgan fingerprint density at radius 2 is 2.00 bits per heavy atom. The molecule has 2 rings (SSSR count). The zero-order valence-corrected chi connectivity index (χ0v) is 12.2. The minimum Gasteiger partial charge on any atom is -0.339 e. The first-order valence-corrected chi connectivity index (χ1v) is 7.45. The lowest BCUT2D eigenvalue weighted by Gasteiger charge is -2.25. The van der Waals surface area contributed by atoms with E-state index >= 15 is 0 Å². The second kappa shape index (κ2) is 6.31. The Labute approximate surface area is 115 Å². The van der Waals surface area contributed by atoms with Gasteiger partial charge < -0.3 is 4.52 Å². The fourth-order valence-corrected chi connectivity index (χ4v) is 2.69. The molecule has 1 aliphatic rings. The average Bonchev–Trinajstić information content (AvgIpc) is 2.87. The molecule has 0 radical (unpaired) electrons. The number of hydrogen-bond acceptors (Lipinski definition) is 4. The highest BCUT2D eigenvalue weighted by Gasteiger charge is 2.25. The van der Waals surface area contributed by atoms with Crippen LogP contribution < -0.4 is 0 Å². The van der Waals surface area contributed by atoms with Crippen molar-refractivity contribution in [3.63, 3.8) is 0 Å². The highest BCUT2D eigenvalue weighted by Crippen LogP contribution is 2.35. The summed E-state index contributed by atoms with van der Waals surface area (Å²) in [5.74, 6) is 2.76.